The molecule has 0 fully saturated rings. The van der Waals surface area contributed by atoms with E-state index >= 15 is 0 Å². The summed E-state index contributed by atoms with van der Waals surface area (Å²) in [6.45, 7) is 1.75. The summed E-state index contributed by atoms with van der Waals surface area (Å²) in [5, 5.41) is 19.9. The van der Waals surface area contributed by atoms with E-state index in [2.05, 4.69) is 0 Å². The highest BCUT2D eigenvalue weighted by Gasteiger charge is 2.18. The fourth-order valence-electron chi connectivity index (χ4n) is 1.88. The van der Waals surface area contributed by atoms with E-state index in [-0.39, 0.29) is 22.8 Å². The number of nitro groups is 1. The summed E-state index contributed by atoms with van der Waals surface area (Å²) in [5.74, 6) is -0.401. The van der Waals surface area contributed by atoms with Crippen LogP contribution in [0.2, 0.25) is 0 Å². The molecule has 22 heavy (non-hydrogen) atoms. The van der Waals surface area contributed by atoms with E-state index in [9.17, 15) is 14.9 Å². The molecule has 1 aromatic heterocycles. The number of primary amides is 1. The molecule has 0 bridgehead atoms. The van der Waals surface area contributed by atoms with Gasteiger partial charge in [0, 0.05) is 12.1 Å². The summed E-state index contributed by atoms with van der Waals surface area (Å²) in [7, 11) is 0. The van der Waals surface area contributed by atoms with Gasteiger partial charge in [0.05, 0.1) is 10.5 Å². The van der Waals surface area contributed by atoms with Crippen molar-refractivity contribution < 1.29 is 14.1 Å². The van der Waals surface area contributed by atoms with Crippen molar-refractivity contribution in [2.24, 2.45) is 5.73 Å². The topological polar surface area (TPSA) is 123 Å². The number of rotatable bonds is 4. The molecule has 0 atom stereocenters. The average molecular weight is 297 g/mol. The molecule has 0 unspecified atom stereocenters. The van der Waals surface area contributed by atoms with E-state index in [1.807, 2.05) is 0 Å². The lowest BCUT2D eigenvalue weighted by molar-refractivity contribution is -0.384. The number of nitrogens with zero attached hydrogens (tertiary/aromatic N) is 2. The molecular formula is C15H11N3O4. The zero-order valence-electron chi connectivity index (χ0n) is 11.6. The van der Waals surface area contributed by atoms with Crippen molar-refractivity contribution in [3.8, 4) is 17.4 Å². The largest absolute Gasteiger partial charge is 0.456 e. The van der Waals surface area contributed by atoms with Crippen molar-refractivity contribution >= 4 is 17.7 Å². The van der Waals surface area contributed by atoms with Crippen LogP contribution in [0.3, 0.4) is 0 Å². The Hall–Kier alpha value is -3.40. The van der Waals surface area contributed by atoms with E-state index in [0.717, 1.165) is 5.56 Å². The molecule has 1 aromatic carbocycles. The van der Waals surface area contributed by atoms with Gasteiger partial charge in [0.2, 0.25) is 0 Å². The minimum absolute atomic E-state index is 0.0831. The van der Waals surface area contributed by atoms with Gasteiger partial charge in [-0.15, -0.1) is 0 Å². The Morgan fingerprint density at radius 2 is 2.14 bits per heavy atom. The van der Waals surface area contributed by atoms with Gasteiger partial charge in [0.25, 0.3) is 11.6 Å². The Labute approximate surface area is 125 Å². The second-order valence-corrected chi connectivity index (χ2v) is 4.51. The van der Waals surface area contributed by atoms with E-state index < -0.39 is 10.8 Å². The van der Waals surface area contributed by atoms with Crippen LogP contribution in [-0.4, -0.2) is 10.8 Å². The lowest BCUT2D eigenvalue weighted by Gasteiger charge is -2.01. The van der Waals surface area contributed by atoms with Crippen LogP contribution in [-0.2, 0) is 4.79 Å². The van der Waals surface area contributed by atoms with Gasteiger partial charge in [-0.2, -0.15) is 5.26 Å². The minimum Gasteiger partial charge on any atom is -0.456 e. The second-order valence-electron chi connectivity index (χ2n) is 4.51. The number of amides is 1. The van der Waals surface area contributed by atoms with Gasteiger partial charge in [0.1, 0.15) is 23.2 Å². The van der Waals surface area contributed by atoms with Crippen LogP contribution in [0.4, 0.5) is 5.69 Å². The monoisotopic (exact) mass is 297 g/mol. The normalized spacial score (nSPS) is 11.0. The standard InChI is InChI=1S/C15H11N3O4/c1-9-2-4-12(13(6-9)18(20)21)14-5-3-11(22-14)7-10(8-16)15(17)19/h2-7H,1H3,(H2,17,19). The highest BCUT2D eigenvalue weighted by Crippen LogP contribution is 2.32. The molecule has 7 nitrogen and oxygen atoms in total. The van der Waals surface area contributed by atoms with Crippen molar-refractivity contribution in [1.29, 1.82) is 5.26 Å². The van der Waals surface area contributed by atoms with E-state index in [1.165, 1.54) is 24.3 Å². The van der Waals surface area contributed by atoms with Crippen LogP contribution in [0.5, 0.6) is 0 Å². The summed E-state index contributed by atoms with van der Waals surface area (Å²) in [6.07, 6.45) is 1.19. The molecule has 0 saturated heterocycles. The van der Waals surface area contributed by atoms with Crippen molar-refractivity contribution in [2.45, 2.75) is 6.92 Å². The quantitative estimate of drug-likeness (QED) is 0.402. The molecule has 0 spiro atoms. The number of benzene rings is 1. The van der Waals surface area contributed by atoms with E-state index in [1.54, 1.807) is 25.1 Å². The Morgan fingerprint density at radius 1 is 1.41 bits per heavy atom. The molecule has 7 heteroatoms. The van der Waals surface area contributed by atoms with Gasteiger partial charge in [-0.25, -0.2) is 0 Å². The van der Waals surface area contributed by atoms with Gasteiger partial charge in [-0.3, -0.25) is 14.9 Å². The van der Waals surface area contributed by atoms with Gasteiger partial charge < -0.3 is 10.2 Å². The maximum atomic E-state index is 11.1. The van der Waals surface area contributed by atoms with E-state index in [4.69, 9.17) is 15.4 Å². The molecule has 0 radical (unpaired) electrons. The van der Waals surface area contributed by atoms with Gasteiger partial charge in [0.15, 0.2) is 0 Å². The molecular weight excluding hydrogens is 286 g/mol. The van der Waals surface area contributed by atoms with Crippen LogP contribution in [0.25, 0.3) is 17.4 Å². The van der Waals surface area contributed by atoms with Crippen LogP contribution < -0.4 is 5.73 Å². The number of carbonyl (C=O) groups excluding carboxylic acids is 1. The highest BCUT2D eigenvalue weighted by atomic mass is 16.6. The minimum atomic E-state index is -0.873. The molecule has 0 saturated carbocycles. The smallest absolute Gasteiger partial charge is 0.280 e. The van der Waals surface area contributed by atoms with Crippen LogP contribution >= 0.6 is 0 Å². The predicted octanol–water partition coefficient (Wildman–Crippen LogP) is 2.56. The summed E-state index contributed by atoms with van der Waals surface area (Å²) < 4.78 is 5.44. The number of nitrogens with two attached hydrogens (primary N) is 1. The van der Waals surface area contributed by atoms with Crippen LogP contribution in [0, 0.1) is 28.4 Å². The number of nitro benzene ring substituents is 1. The number of nitriles is 1. The third-order valence-corrected chi connectivity index (χ3v) is 2.91. The molecule has 1 amide bonds. The third kappa shape index (κ3) is 3.02. The molecule has 2 rings (SSSR count). The van der Waals surface area contributed by atoms with Crippen molar-refractivity contribution in [3.05, 3.63) is 57.3 Å². The molecule has 0 aliphatic carbocycles. The number of aryl methyl sites for hydroxylation is 1. The van der Waals surface area contributed by atoms with Crippen LogP contribution in [0.15, 0.2) is 40.3 Å². The number of furan rings is 1. The van der Waals surface area contributed by atoms with Crippen molar-refractivity contribution in [2.75, 3.05) is 0 Å². The first-order chi connectivity index (χ1) is 10.4. The lowest BCUT2D eigenvalue weighted by Crippen LogP contribution is -2.12. The third-order valence-electron chi connectivity index (χ3n) is 2.91. The molecule has 110 valence electrons. The fourth-order valence-corrected chi connectivity index (χ4v) is 1.88. The molecule has 1 heterocycles. The first kappa shape index (κ1) is 15.0. The zero-order chi connectivity index (χ0) is 16.3. The lowest BCUT2D eigenvalue weighted by atomic mass is 10.1. The molecule has 0 aliphatic rings. The van der Waals surface area contributed by atoms with Gasteiger partial charge >= 0.3 is 0 Å². The van der Waals surface area contributed by atoms with Gasteiger partial charge in [-0.1, -0.05) is 6.07 Å². The number of hydrogen-bond acceptors (Lipinski definition) is 5. The molecule has 0 aliphatic heterocycles. The molecule has 2 aromatic rings. The van der Waals surface area contributed by atoms with Gasteiger partial charge in [-0.05, 0) is 30.7 Å². The highest BCUT2D eigenvalue weighted by molar-refractivity contribution is 6.00. The number of carbonyl (C=O) groups is 1. The fraction of sp³-hybridized carbons (Fsp3) is 0.0667. The first-order valence-corrected chi connectivity index (χ1v) is 6.19. The predicted molar refractivity (Wildman–Crippen MR) is 78.3 cm³/mol. The van der Waals surface area contributed by atoms with Crippen molar-refractivity contribution in [3.63, 3.8) is 0 Å². The zero-order valence-corrected chi connectivity index (χ0v) is 11.6. The van der Waals surface area contributed by atoms with Crippen molar-refractivity contribution in [1.82, 2.24) is 0 Å². The second kappa shape index (κ2) is 5.93. The Bertz CT molecular complexity index is 828. The maximum absolute atomic E-state index is 11.1. The Kier molecular flexibility index (Phi) is 4.04. The average Bonchev–Trinajstić information content (AvgIpc) is 2.92. The Morgan fingerprint density at radius 3 is 2.73 bits per heavy atom. The first-order valence-electron chi connectivity index (χ1n) is 6.19. The molecule has 2 N–H and O–H groups in total. The SMILES string of the molecule is Cc1ccc(-c2ccc(C=C(C#N)C(N)=O)o2)c([N+](=O)[O-])c1. The van der Waals surface area contributed by atoms with Crippen LogP contribution in [0.1, 0.15) is 11.3 Å². The van der Waals surface area contributed by atoms with E-state index in [0.29, 0.717) is 5.56 Å². The Balaban J connectivity index is 2.48. The number of hydrogen-bond donors (Lipinski definition) is 1. The summed E-state index contributed by atoms with van der Waals surface area (Å²) >= 11 is 0. The summed E-state index contributed by atoms with van der Waals surface area (Å²) in [4.78, 5) is 21.6. The summed E-state index contributed by atoms with van der Waals surface area (Å²) in [5.41, 5.74) is 5.75. The maximum Gasteiger partial charge on any atom is 0.280 e. The summed E-state index contributed by atoms with van der Waals surface area (Å²) in [6, 6.07) is 9.43.